The lowest BCUT2D eigenvalue weighted by Crippen LogP contribution is -2.25. The van der Waals surface area contributed by atoms with E-state index in [4.69, 9.17) is 14.2 Å². The third kappa shape index (κ3) is 8.80. The Morgan fingerprint density at radius 1 is 0.939 bits per heavy atom. The molecule has 0 unspecified atom stereocenters. The SMILES string of the molecule is C=C(C)Oc1ccc(C(=O)/C=C/c2cc(CCC)c(OC(C)(C)C)cc2OC(C)(C)C)cc1. The molecule has 0 bridgehead atoms. The molecule has 2 aromatic carbocycles. The van der Waals surface area contributed by atoms with Gasteiger partial charge in [0.15, 0.2) is 5.78 Å². The topological polar surface area (TPSA) is 44.8 Å². The van der Waals surface area contributed by atoms with Gasteiger partial charge in [-0.25, -0.2) is 0 Å². The minimum absolute atomic E-state index is 0.0920. The zero-order valence-electron chi connectivity index (χ0n) is 21.4. The summed E-state index contributed by atoms with van der Waals surface area (Å²) in [6.45, 7) is 19.8. The molecule has 0 heterocycles. The van der Waals surface area contributed by atoms with Crippen LogP contribution in [0.4, 0.5) is 0 Å². The van der Waals surface area contributed by atoms with Gasteiger partial charge in [-0.05, 0) is 103 Å². The third-order valence-corrected chi connectivity index (χ3v) is 4.39. The van der Waals surface area contributed by atoms with Crippen LogP contribution in [0.25, 0.3) is 6.08 Å². The highest BCUT2D eigenvalue weighted by Gasteiger charge is 2.20. The lowest BCUT2D eigenvalue weighted by Gasteiger charge is -2.27. The van der Waals surface area contributed by atoms with E-state index < -0.39 is 5.60 Å². The van der Waals surface area contributed by atoms with Crippen molar-refractivity contribution in [3.05, 3.63) is 71.5 Å². The lowest BCUT2D eigenvalue weighted by atomic mass is 10.0. The van der Waals surface area contributed by atoms with E-state index in [0.29, 0.717) is 22.8 Å². The summed E-state index contributed by atoms with van der Waals surface area (Å²) in [6.07, 6.45) is 5.27. The summed E-state index contributed by atoms with van der Waals surface area (Å²) in [5, 5.41) is 0. The van der Waals surface area contributed by atoms with E-state index in [-0.39, 0.29) is 11.4 Å². The standard InChI is InChI=1S/C29H38O4/c1-10-11-22-18-23(27(33-29(7,8)9)19-26(22)32-28(4,5)6)14-17-25(30)21-12-15-24(16-13-21)31-20(2)3/h12-19H,2,10-11H2,1,3-9H3/b17-14+. The van der Waals surface area contributed by atoms with E-state index >= 15 is 0 Å². The highest BCUT2D eigenvalue weighted by molar-refractivity contribution is 6.07. The molecule has 0 aliphatic heterocycles. The number of carbonyl (C=O) groups is 1. The van der Waals surface area contributed by atoms with Crippen LogP contribution in [0.3, 0.4) is 0 Å². The monoisotopic (exact) mass is 450 g/mol. The average Bonchev–Trinajstić information content (AvgIpc) is 2.66. The molecule has 0 spiro atoms. The van der Waals surface area contributed by atoms with Gasteiger partial charge in [-0.15, -0.1) is 0 Å². The van der Waals surface area contributed by atoms with Crippen LogP contribution in [0.15, 0.2) is 54.8 Å². The summed E-state index contributed by atoms with van der Waals surface area (Å²) in [5.41, 5.74) is 1.82. The van der Waals surface area contributed by atoms with E-state index in [1.807, 2.05) is 53.7 Å². The predicted octanol–water partition coefficient (Wildman–Crippen LogP) is 7.80. The minimum Gasteiger partial charge on any atom is -0.488 e. The molecule has 0 N–H and O–H groups in total. The van der Waals surface area contributed by atoms with Crippen molar-refractivity contribution in [2.45, 2.75) is 79.4 Å². The van der Waals surface area contributed by atoms with Gasteiger partial charge in [0, 0.05) is 17.2 Å². The Morgan fingerprint density at radius 2 is 1.52 bits per heavy atom. The van der Waals surface area contributed by atoms with Crippen LogP contribution in [0, 0.1) is 0 Å². The second-order valence-electron chi connectivity index (χ2n) is 10.2. The summed E-state index contributed by atoms with van der Waals surface area (Å²) in [5.74, 6) is 2.67. The van der Waals surface area contributed by atoms with Gasteiger partial charge >= 0.3 is 0 Å². The summed E-state index contributed by atoms with van der Waals surface area (Å²) < 4.78 is 18.0. The highest BCUT2D eigenvalue weighted by atomic mass is 16.5. The fraction of sp³-hybridized carbons (Fsp3) is 0.414. The predicted molar refractivity (Wildman–Crippen MR) is 136 cm³/mol. The van der Waals surface area contributed by atoms with Crippen LogP contribution >= 0.6 is 0 Å². The molecule has 33 heavy (non-hydrogen) atoms. The van der Waals surface area contributed by atoms with Crippen molar-refractivity contribution in [1.29, 1.82) is 0 Å². The Morgan fingerprint density at radius 3 is 2.03 bits per heavy atom. The second kappa shape index (κ2) is 10.7. The van der Waals surface area contributed by atoms with Crippen LogP contribution < -0.4 is 14.2 Å². The van der Waals surface area contributed by atoms with Crippen LogP contribution in [-0.2, 0) is 6.42 Å². The summed E-state index contributed by atoms with van der Waals surface area (Å²) >= 11 is 0. The zero-order valence-corrected chi connectivity index (χ0v) is 21.4. The first-order chi connectivity index (χ1) is 15.3. The molecule has 0 fully saturated rings. The molecule has 0 radical (unpaired) electrons. The molecule has 178 valence electrons. The number of allylic oxidation sites excluding steroid dienone is 2. The maximum absolute atomic E-state index is 12.8. The number of hydrogen-bond donors (Lipinski definition) is 0. The number of rotatable bonds is 9. The molecule has 0 aliphatic rings. The van der Waals surface area contributed by atoms with Crippen molar-refractivity contribution in [3.8, 4) is 17.2 Å². The van der Waals surface area contributed by atoms with E-state index in [1.54, 1.807) is 37.3 Å². The number of carbonyl (C=O) groups excluding carboxylic acids is 1. The Bertz CT molecular complexity index is 1000. The van der Waals surface area contributed by atoms with E-state index in [0.717, 1.165) is 29.7 Å². The molecule has 4 nitrogen and oxygen atoms in total. The fourth-order valence-electron chi connectivity index (χ4n) is 3.21. The number of ketones is 1. The van der Waals surface area contributed by atoms with Gasteiger partial charge in [-0.2, -0.15) is 0 Å². The maximum atomic E-state index is 12.8. The number of hydrogen-bond acceptors (Lipinski definition) is 4. The van der Waals surface area contributed by atoms with Crippen molar-refractivity contribution >= 4 is 11.9 Å². The molecule has 0 aromatic heterocycles. The van der Waals surface area contributed by atoms with Gasteiger partial charge in [-0.1, -0.05) is 19.9 Å². The third-order valence-electron chi connectivity index (χ3n) is 4.39. The Hall–Kier alpha value is -3.01. The Kier molecular flexibility index (Phi) is 8.54. The zero-order chi connectivity index (χ0) is 24.8. The van der Waals surface area contributed by atoms with E-state index in [2.05, 4.69) is 19.6 Å². The number of ether oxygens (including phenoxy) is 3. The summed E-state index contributed by atoms with van der Waals surface area (Å²) in [7, 11) is 0. The molecule has 2 rings (SSSR count). The summed E-state index contributed by atoms with van der Waals surface area (Å²) in [6, 6.07) is 11.1. The smallest absolute Gasteiger partial charge is 0.185 e. The largest absolute Gasteiger partial charge is 0.488 e. The fourth-order valence-corrected chi connectivity index (χ4v) is 3.21. The Balaban J connectivity index is 2.41. The van der Waals surface area contributed by atoms with Gasteiger partial charge in [0.25, 0.3) is 0 Å². The van der Waals surface area contributed by atoms with Crippen molar-refractivity contribution in [1.82, 2.24) is 0 Å². The highest BCUT2D eigenvalue weighted by Crippen LogP contribution is 2.35. The van der Waals surface area contributed by atoms with Crippen LogP contribution in [0.5, 0.6) is 17.2 Å². The minimum atomic E-state index is -0.392. The first-order valence-corrected chi connectivity index (χ1v) is 11.5. The van der Waals surface area contributed by atoms with Gasteiger partial charge in [0.2, 0.25) is 0 Å². The Labute approximate surface area is 199 Å². The molecule has 2 aromatic rings. The molecular weight excluding hydrogens is 412 g/mol. The van der Waals surface area contributed by atoms with Crippen molar-refractivity contribution in [2.75, 3.05) is 0 Å². The normalized spacial score (nSPS) is 12.0. The van der Waals surface area contributed by atoms with Crippen LogP contribution in [-0.4, -0.2) is 17.0 Å². The van der Waals surface area contributed by atoms with Crippen LogP contribution in [0.1, 0.15) is 83.3 Å². The molecule has 4 heteroatoms. The van der Waals surface area contributed by atoms with Crippen molar-refractivity contribution in [2.24, 2.45) is 0 Å². The first-order valence-electron chi connectivity index (χ1n) is 11.5. The van der Waals surface area contributed by atoms with Gasteiger partial charge in [-0.3, -0.25) is 4.79 Å². The molecule has 0 atom stereocenters. The first kappa shape index (κ1) is 26.2. The van der Waals surface area contributed by atoms with Gasteiger partial charge < -0.3 is 14.2 Å². The molecule has 0 aliphatic carbocycles. The van der Waals surface area contributed by atoms with Crippen molar-refractivity contribution in [3.63, 3.8) is 0 Å². The maximum Gasteiger partial charge on any atom is 0.185 e. The molecule has 0 saturated heterocycles. The van der Waals surface area contributed by atoms with Crippen LogP contribution in [0.2, 0.25) is 0 Å². The van der Waals surface area contributed by atoms with Gasteiger partial charge in [0.05, 0.1) is 5.76 Å². The number of benzene rings is 2. The molecule has 0 saturated carbocycles. The quantitative estimate of drug-likeness (QED) is 0.222. The molecular formula is C29H38O4. The molecule has 0 amide bonds. The van der Waals surface area contributed by atoms with E-state index in [9.17, 15) is 4.79 Å². The lowest BCUT2D eigenvalue weighted by molar-refractivity contribution is 0.104. The van der Waals surface area contributed by atoms with E-state index in [1.165, 1.54) is 0 Å². The van der Waals surface area contributed by atoms with Crippen molar-refractivity contribution < 1.29 is 19.0 Å². The number of aryl methyl sites for hydroxylation is 1. The summed E-state index contributed by atoms with van der Waals surface area (Å²) in [4.78, 5) is 12.8. The second-order valence-corrected chi connectivity index (χ2v) is 10.2. The van der Waals surface area contributed by atoms with Gasteiger partial charge in [0.1, 0.15) is 28.5 Å². The average molecular weight is 451 g/mol.